The summed E-state index contributed by atoms with van der Waals surface area (Å²) in [6.45, 7) is -0.321. The van der Waals surface area contributed by atoms with Crippen LogP contribution in [0.15, 0.2) is 18.2 Å². The maximum Gasteiger partial charge on any atom is 0.259 e. The van der Waals surface area contributed by atoms with E-state index >= 15 is 0 Å². The maximum atomic E-state index is 11.8. The normalized spacial score (nSPS) is 15.0. The van der Waals surface area contributed by atoms with Crippen LogP contribution in [0.2, 0.25) is 5.02 Å². The zero-order valence-corrected chi connectivity index (χ0v) is 11.3. The summed E-state index contributed by atoms with van der Waals surface area (Å²) in [6.07, 6.45) is 0.355. The first-order chi connectivity index (χ1) is 9.63. The van der Waals surface area contributed by atoms with Crippen molar-refractivity contribution in [2.45, 2.75) is 6.42 Å². The van der Waals surface area contributed by atoms with Gasteiger partial charge in [0, 0.05) is 12.0 Å². The number of imide groups is 1. The molecule has 6 heteroatoms. The Balaban J connectivity index is 2.35. The lowest BCUT2D eigenvalue weighted by Gasteiger charge is -2.25. The van der Waals surface area contributed by atoms with Gasteiger partial charge in [-0.2, -0.15) is 0 Å². The van der Waals surface area contributed by atoms with Gasteiger partial charge in [-0.1, -0.05) is 23.4 Å². The van der Waals surface area contributed by atoms with Gasteiger partial charge in [0.2, 0.25) is 0 Å². The fourth-order valence-corrected chi connectivity index (χ4v) is 1.95. The number of morpholine rings is 1. The first-order valence-corrected chi connectivity index (χ1v) is 6.34. The molecule has 5 nitrogen and oxygen atoms in total. The molecule has 2 rings (SSSR count). The number of ether oxygens (including phenoxy) is 1. The lowest BCUT2D eigenvalue weighted by Crippen LogP contribution is -2.46. The summed E-state index contributed by atoms with van der Waals surface area (Å²) in [4.78, 5) is 24.6. The quantitative estimate of drug-likeness (QED) is 0.651. The van der Waals surface area contributed by atoms with Crippen molar-refractivity contribution in [2.75, 3.05) is 24.7 Å². The molecule has 104 valence electrons. The summed E-state index contributed by atoms with van der Waals surface area (Å²) in [7, 11) is 0. The molecule has 1 aromatic rings. The predicted octanol–water partition coefficient (Wildman–Crippen LogP) is 0.964. The Kier molecular flexibility index (Phi) is 4.74. The third kappa shape index (κ3) is 3.17. The number of nitrogens with zero attached hydrogens (tertiary/aromatic N) is 1. The van der Waals surface area contributed by atoms with Crippen LogP contribution in [0.1, 0.15) is 12.0 Å². The van der Waals surface area contributed by atoms with Crippen molar-refractivity contribution >= 4 is 29.1 Å². The van der Waals surface area contributed by atoms with E-state index in [0.717, 1.165) is 4.90 Å². The minimum absolute atomic E-state index is 0.0200. The number of hydrogen-bond acceptors (Lipinski definition) is 4. The summed E-state index contributed by atoms with van der Waals surface area (Å²) < 4.78 is 4.86. The number of carbonyl (C=O) groups excluding carboxylic acids is 2. The molecule has 1 fully saturated rings. The molecule has 0 bridgehead atoms. The molecule has 2 amide bonds. The van der Waals surface area contributed by atoms with E-state index in [1.165, 1.54) is 0 Å². The van der Waals surface area contributed by atoms with Gasteiger partial charge in [0.1, 0.15) is 13.2 Å². The zero-order chi connectivity index (χ0) is 14.5. The van der Waals surface area contributed by atoms with Crippen LogP contribution in [0.4, 0.5) is 5.69 Å². The van der Waals surface area contributed by atoms with Gasteiger partial charge < -0.3 is 9.84 Å². The maximum absolute atomic E-state index is 11.8. The van der Waals surface area contributed by atoms with E-state index in [0.29, 0.717) is 22.7 Å². The Hall–Kier alpha value is -1.87. The average Bonchev–Trinajstić information content (AvgIpc) is 2.42. The number of carbonyl (C=O) groups is 2. The molecule has 1 aromatic carbocycles. The van der Waals surface area contributed by atoms with Crippen LogP contribution in [0, 0.1) is 11.8 Å². The summed E-state index contributed by atoms with van der Waals surface area (Å²) in [5.74, 6) is 4.69. The summed E-state index contributed by atoms with van der Waals surface area (Å²) in [5, 5.41) is 8.97. The summed E-state index contributed by atoms with van der Waals surface area (Å²) in [5.41, 5.74) is 0.922. The van der Waals surface area contributed by atoms with Crippen LogP contribution in [-0.4, -0.2) is 36.7 Å². The minimum Gasteiger partial charge on any atom is -0.395 e. The van der Waals surface area contributed by atoms with Gasteiger partial charge in [0.05, 0.1) is 17.3 Å². The van der Waals surface area contributed by atoms with E-state index in [-0.39, 0.29) is 19.8 Å². The smallest absolute Gasteiger partial charge is 0.259 e. The lowest BCUT2D eigenvalue weighted by atomic mass is 10.1. The first-order valence-electron chi connectivity index (χ1n) is 5.96. The highest BCUT2D eigenvalue weighted by Crippen LogP contribution is 2.28. The number of aliphatic hydroxyl groups is 1. The highest BCUT2D eigenvalue weighted by molar-refractivity contribution is 6.35. The number of anilines is 1. The average molecular weight is 294 g/mol. The molecule has 0 aromatic heterocycles. The molecular weight excluding hydrogens is 282 g/mol. The van der Waals surface area contributed by atoms with Gasteiger partial charge in [-0.3, -0.25) is 9.59 Å². The van der Waals surface area contributed by atoms with Gasteiger partial charge in [0.25, 0.3) is 11.8 Å². The second-order valence-electron chi connectivity index (χ2n) is 4.06. The standard InChI is InChI=1S/C14H12ClNO4/c15-11-5-4-10(3-1-2-6-17)7-12(11)16-13(18)8-20-9-14(16)19/h4-5,7,17H,2,6,8-9H2. The highest BCUT2D eigenvalue weighted by atomic mass is 35.5. The van der Waals surface area contributed by atoms with Crippen LogP contribution >= 0.6 is 11.6 Å². The Labute approximate surface area is 121 Å². The van der Waals surface area contributed by atoms with Gasteiger partial charge in [0.15, 0.2) is 0 Å². The Bertz CT molecular complexity index is 587. The largest absolute Gasteiger partial charge is 0.395 e. The Morgan fingerprint density at radius 3 is 2.65 bits per heavy atom. The molecule has 20 heavy (non-hydrogen) atoms. The molecule has 1 saturated heterocycles. The molecule has 0 aliphatic carbocycles. The topological polar surface area (TPSA) is 66.8 Å². The SMILES string of the molecule is O=C1COCC(=O)N1c1cc(C#CCCO)ccc1Cl. The van der Waals surface area contributed by atoms with E-state index < -0.39 is 11.8 Å². The molecule has 1 aliphatic rings. The van der Waals surface area contributed by atoms with Crippen molar-refractivity contribution in [3.63, 3.8) is 0 Å². The third-order valence-corrected chi connectivity index (χ3v) is 2.93. The second kappa shape index (κ2) is 6.53. The van der Waals surface area contributed by atoms with Crippen molar-refractivity contribution in [1.29, 1.82) is 0 Å². The fraction of sp³-hybridized carbons (Fsp3) is 0.286. The summed E-state index contributed by atoms with van der Waals surface area (Å²) >= 11 is 6.05. The van der Waals surface area contributed by atoms with Crippen LogP contribution in [0.3, 0.4) is 0 Å². The number of rotatable bonds is 2. The van der Waals surface area contributed by atoms with Crippen LogP contribution < -0.4 is 4.90 Å². The molecule has 1 aliphatic heterocycles. The van der Waals surface area contributed by atoms with Gasteiger partial charge in [-0.15, -0.1) is 0 Å². The Morgan fingerprint density at radius 1 is 1.30 bits per heavy atom. The van der Waals surface area contributed by atoms with Crippen LogP contribution in [0.25, 0.3) is 0 Å². The van der Waals surface area contributed by atoms with E-state index in [2.05, 4.69) is 11.8 Å². The van der Waals surface area contributed by atoms with Crippen molar-refractivity contribution in [3.05, 3.63) is 28.8 Å². The number of halogens is 1. The molecule has 0 saturated carbocycles. The van der Waals surface area contributed by atoms with E-state index in [1.807, 2.05) is 0 Å². The van der Waals surface area contributed by atoms with Gasteiger partial charge >= 0.3 is 0 Å². The monoisotopic (exact) mass is 293 g/mol. The number of aliphatic hydroxyl groups excluding tert-OH is 1. The molecule has 0 radical (unpaired) electrons. The Morgan fingerprint density at radius 2 is 2.00 bits per heavy atom. The fourth-order valence-electron chi connectivity index (χ4n) is 1.74. The molecular formula is C14H12ClNO4. The second-order valence-corrected chi connectivity index (χ2v) is 4.46. The lowest BCUT2D eigenvalue weighted by molar-refractivity contribution is -0.138. The molecule has 0 spiro atoms. The number of hydrogen-bond donors (Lipinski definition) is 1. The van der Waals surface area contributed by atoms with Gasteiger partial charge in [-0.05, 0) is 18.2 Å². The molecule has 1 N–H and O–H groups in total. The van der Waals surface area contributed by atoms with E-state index in [1.54, 1.807) is 18.2 Å². The van der Waals surface area contributed by atoms with Crippen molar-refractivity contribution in [1.82, 2.24) is 0 Å². The van der Waals surface area contributed by atoms with E-state index in [9.17, 15) is 9.59 Å². The predicted molar refractivity (Wildman–Crippen MR) is 73.3 cm³/mol. The molecule has 0 unspecified atom stereocenters. The zero-order valence-electron chi connectivity index (χ0n) is 10.6. The number of benzene rings is 1. The van der Waals surface area contributed by atoms with Gasteiger partial charge in [-0.25, -0.2) is 4.90 Å². The van der Waals surface area contributed by atoms with Crippen LogP contribution in [-0.2, 0) is 14.3 Å². The van der Waals surface area contributed by atoms with Crippen LogP contribution in [0.5, 0.6) is 0 Å². The minimum atomic E-state index is -0.455. The summed E-state index contributed by atoms with van der Waals surface area (Å²) in [6, 6.07) is 4.84. The number of amides is 2. The molecule has 1 heterocycles. The first kappa shape index (κ1) is 14.5. The highest BCUT2D eigenvalue weighted by Gasteiger charge is 2.29. The third-order valence-electron chi connectivity index (χ3n) is 2.61. The van der Waals surface area contributed by atoms with Crippen molar-refractivity contribution in [2.24, 2.45) is 0 Å². The molecule has 0 atom stereocenters. The van der Waals surface area contributed by atoms with Crippen molar-refractivity contribution in [3.8, 4) is 11.8 Å². The van der Waals surface area contributed by atoms with Crippen molar-refractivity contribution < 1.29 is 19.4 Å². The van der Waals surface area contributed by atoms with E-state index in [4.69, 9.17) is 21.4 Å².